The molecular formula is C16H18ClN3O3. The largest absolute Gasteiger partial charge is 0.478 e. The molecule has 122 valence electrons. The predicted molar refractivity (Wildman–Crippen MR) is 88.2 cm³/mol. The first-order chi connectivity index (χ1) is 10.8. The first kappa shape index (κ1) is 17.0. The molecule has 23 heavy (non-hydrogen) atoms. The van der Waals surface area contributed by atoms with E-state index in [4.69, 9.17) is 16.7 Å². The minimum absolute atomic E-state index is 0.00870. The highest BCUT2D eigenvalue weighted by Gasteiger charge is 2.16. The lowest BCUT2D eigenvalue weighted by molar-refractivity contribution is 0.0697. The molecule has 1 heterocycles. The van der Waals surface area contributed by atoms with Crippen LogP contribution in [0.4, 0.5) is 5.69 Å². The predicted octanol–water partition coefficient (Wildman–Crippen LogP) is 3.45. The summed E-state index contributed by atoms with van der Waals surface area (Å²) in [4.78, 5) is 23.3. The molecule has 1 amide bonds. The highest BCUT2D eigenvalue weighted by Crippen LogP contribution is 2.22. The molecule has 0 aliphatic carbocycles. The summed E-state index contributed by atoms with van der Waals surface area (Å²) < 4.78 is 1.79. The van der Waals surface area contributed by atoms with E-state index in [9.17, 15) is 9.59 Å². The van der Waals surface area contributed by atoms with E-state index in [1.54, 1.807) is 4.68 Å². The second kappa shape index (κ2) is 6.83. The second-order valence-corrected chi connectivity index (χ2v) is 6.08. The average molecular weight is 336 g/mol. The third kappa shape index (κ3) is 3.90. The fourth-order valence-electron chi connectivity index (χ4n) is 2.16. The molecule has 2 N–H and O–H groups in total. The number of aromatic nitrogens is 2. The lowest BCUT2D eigenvalue weighted by Crippen LogP contribution is -2.14. The van der Waals surface area contributed by atoms with Crippen molar-refractivity contribution in [3.8, 4) is 0 Å². The maximum Gasteiger partial charge on any atom is 0.337 e. The molecule has 0 radical (unpaired) electrons. The van der Waals surface area contributed by atoms with Crippen molar-refractivity contribution in [2.24, 2.45) is 5.92 Å². The van der Waals surface area contributed by atoms with Gasteiger partial charge in [0.05, 0.1) is 22.3 Å². The van der Waals surface area contributed by atoms with Crippen LogP contribution in [0.3, 0.4) is 0 Å². The quantitative estimate of drug-likeness (QED) is 0.876. The summed E-state index contributed by atoms with van der Waals surface area (Å²) in [6.45, 7) is 6.72. The van der Waals surface area contributed by atoms with Gasteiger partial charge in [-0.2, -0.15) is 5.10 Å². The van der Waals surface area contributed by atoms with Crippen molar-refractivity contribution in [3.05, 3.63) is 46.2 Å². The van der Waals surface area contributed by atoms with Gasteiger partial charge in [0, 0.05) is 17.9 Å². The SMILES string of the molecule is Cc1c(C(=O)Nc2ccc(C(=O)O)c(Cl)c2)cnn1CC(C)C. The Morgan fingerprint density at radius 1 is 1.35 bits per heavy atom. The lowest BCUT2D eigenvalue weighted by atomic mass is 10.2. The highest BCUT2D eigenvalue weighted by molar-refractivity contribution is 6.33. The maximum absolute atomic E-state index is 12.3. The van der Waals surface area contributed by atoms with E-state index >= 15 is 0 Å². The molecule has 0 saturated heterocycles. The summed E-state index contributed by atoms with van der Waals surface area (Å²) >= 11 is 5.90. The molecule has 0 aliphatic rings. The number of carboxylic acids is 1. The van der Waals surface area contributed by atoms with Crippen molar-refractivity contribution in [1.29, 1.82) is 0 Å². The number of carboxylic acid groups (broad SMARTS) is 1. The van der Waals surface area contributed by atoms with Crippen LogP contribution in [0, 0.1) is 12.8 Å². The molecule has 0 atom stereocenters. The van der Waals surface area contributed by atoms with E-state index in [2.05, 4.69) is 24.3 Å². The number of hydrogen-bond acceptors (Lipinski definition) is 3. The zero-order chi connectivity index (χ0) is 17.1. The van der Waals surface area contributed by atoms with Crippen LogP contribution in [0.15, 0.2) is 24.4 Å². The molecule has 6 nitrogen and oxygen atoms in total. The van der Waals surface area contributed by atoms with Gasteiger partial charge in [-0.3, -0.25) is 9.48 Å². The Labute approximate surface area is 139 Å². The van der Waals surface area contributed by atoms with Crippen LogP contribution in [-0.4, -0.2) is 26.8 Å². The Kier molecular flexibility index (Phi) is 5.05. The molecule has 7 heteroatoms. The van der Waals surface area contributed by atoms with Crippen molar-refractivity contribution in [3.63, 3.8) is 0 Å². The monoisotopic (exact) mass is 335 g/mol. The number of carbonyl (C=O) groups excluding carboxylic acids is 1. The molecule has 2 aromatic rings. The minimum atomic E-state index is -1.11. The van der Waals surface area contributed by atoms with E-state index in [0.717, 1.165) is 12.2 Å². The van der Waals surface area contributed by atoms with Crippen LogP contribution in [0.25, 0.3) is 0 Å². The Balaban J connectivity index is 2.18. The molecule has 0 aliphatic heterocycles. The second-order valence-electron chi connectivity index (χ2n) is 5.67. The van der Waals surface area contributed by atoms with Crippen molar-refractivity contribution < 1.29 is 14.7 Å². The summed E-state index contributed by atoms with van der Waals surface area (Å²) in [6.07, 6.45) is 1.53. The molecule has 2 rings (SSSR count). The van der Waals surface area contributed by atoms with E-state index in [-0.39, 0.29) is 16.5 Å². The van der Waals surface area contributed by atoms with Gasteiger partial charge in [0.1, 0.15) is 0 Å². The first-order valence-electron chi connectivity index (χ1n) is 7.16. The Morgan fingerprint density at radius 2 is 2.04 bits per heavy atom. The molecule has 0 fully saturated rings. The van der Waals surface area contributed by atoms with Gasteiger partial charge in [-0.25, -0.2) is 4.79 Å². The van der Waals surface area contributed by atoms with E-state index in [1.165, 1.54) is 24.4 Å². The van der Waals surface area contributed by atoms with E-state index < -0.39 is 5.97 Å². The van der Waals surface area contributed by atoms with Crippen molar-refractivity contribution in [2.75, 3.05) is 5.32 Å². The Hall–Kier alpha value is -2.34. The number of nitrogens with zero attached hydrogens (tertiary/aromatic N) is 2. The zero-order valence-electron chi connectivity index (χ0n) is 13.1. The number of amides is 1. The van der Waals surface area contributed by atoms with Crippen LogP contribution in [0.1, 0.15) is 40.3 Å². The van der Waals surface area contributed by atoms with Crippen LogP contribution < -0.4 is 5.32 Å². The molecule has 0 saturated carbocycles. The summed E-state index contributed by atoms with van der Waals surface area (Å²) in [5, 5.41) is 15.9. The van der Waals surface area contributed by atoms with Gasteiger partial charge in [0.15, 0.2) is 0 Å². The van der Waals surface area contributed by atoms with E-state index in [1.807, 2.05) is 6.92 Å². The number of rotatable bonds is 5. The lowest BCUT2D eigenvalue weighted by Gasteiger charge is -2.09. The van der Waals surface area contributed by atoms with Crippen molar-refractivity contribution in [1.82, 2.24) is 9.78 Å². The Morgan fingerprint density at radius 3 is 2.61 bits per heavy atom. The fraction of sp³-hybridized carbons (Fsp3) is 0.312. The summed E-state index contributed by atoms with van der Waals surface area (Å²) in [5.74, 6) is -0.998. The van der Waals surface area contributed by atoms with Gasteiger partial charge in [0.2, 0.25) is 0 Å². The topological polar surface area (TPSA) is 84.2 Å². The number of carbonyl (C=O) groups is 2. The summed E-state index contributed by atoms with van der Waals surface area (Å²) in [7, 11) is 0. The molecule has 1 aromatic carbocycles. The normalized spacial score (nSPS) is 10.8. The molecular weight excluding hydrogens is 318 g/mol. The van der Waals surface area contributed by atoms with Crippen molar-refractivity contribution >= 4 is 29.2 Å². The number of anilines is 1. The van der Waals surface area contributed by atoms with Gasteiger partial charge < -0.3 is 10.4 Å². The fourth-order valence-corrected chi connectivity index (χ4v) is 2.43. The summed E-state index contributed by atoms with van der Waals surface area (Å²) in [5.41, 5.74) is 1.68. The summed E-state index contributed by atoms with van der Waals surface area (Å²) in [6, 6.07) is 4.27. The van der Waals surface area contributed by atoms with Gasteiger partial charge in [-0.15, -0.1) is 0 Å². The van der Waals surface area contributed by atoms with Crippen LogP contribution in [0.5, 0.6) is 0 Å². The zero-order valence-corrected chi connectivity index (χ0v) is 13.9. The number of hydrogen-bond donors (Lipinski definition) is 2. The average Bonchev–Trinajstić information content (AvgIpc) is 2.79. The number of halogens is 1. The third-order valence-corrected chi connectivity index (χ3v) is 3.66. The maximum atomic E-state index is 12.3. The molecule has 0 unspecified atom stereocenters. The van der Waals surface area contributed by atoms with E-state index in [0.29, 0.717) is 17.2 Å². The third-order valence-electron chi connectivity index (χ3n) is 3.34. The first-order valence-corrected chi connectivity index (χ1v) is 7.54. The molecule has 1 aromatic heterocycles. The van der Waals surface area contributed by atoms with Crippen LogP contribution in [-0.2, 0) is 6.54 Å². The number of aromatic carboxylic acids is 1. The highest BCUT2D eigenvalue weighted by atomic mass is 35.5. The number of benzene rings is 1. The smallest absolute Gasteiger partial charge is 0.337 e. The van der Waals surface area contributed by atoms with Gasteiger partial charge >= 0.3 is 5.97 Å². The minimum Gasteiger partial charge on any atom is -0.478 e. The standard InChI is InChI=1S/C16H18ClN3O3/c1-9(2)8-20-10(3)13(7-18-20)15(21)19-11-4-5-12(16(22)23)14(17)6-11/h4-7,9H,8H2,1-3H3,(H,19,21)(H,22,23). The number of nitrogens with one attached hydrogen (secondary N) is 1. The van der Waals surface area contributed by atoms with Crippen LogP contribution >= 0.6 is 11.6 Å². The van der Waals surface area contributed by atoms with Crippen molar-refractivity contribution in [2.45, 2.75) is 27.3 Å². The van der Waals surface area contributed by atoms with Gasteiger partial charge in [-0.1, -0.05) is 25.4 Å². The molecule has 0 spiro atoms. The molecule has 0 bridgehead atoms. The Bertz CT molecular complexity index is 753. The van der Waals surface area contributed by atoms with Gasteiger partial charge in [-0.05, 0) is 31.0 Å². The van der Waals surface area contributed by atoms with Gasteiger partial charge in [0.25, 0.3) is 5.91 Å². The van der Waals surface area contributed by atoms with Crippen LogP contribution in [0.2, 0.25) is 5.02 Å².